The average molecular weight is 261 g/mol. The van der Waals surface area contributed by atoms with Crippen molar-refractivity contribution in [1.82, 2.24) is 0 Å². The van der Waals surface area contributed by atoms with E-state index in [0.717, 1.165) is 0 Å². The van der Waals surface area contributed by atoms with Crippen molar-refractivity contribution < 1.29 is 55.7 Å². The average Bonchev–Trinajstić information content (AvgIpc) is 0.722. The molecule has 0 rings (SSSR count). The maximum atomic E-state index is 8.58. The van der Waals surface area contributed by atoms with Crippen LogP contribution in [-0.2, 0) is 36.5 Å². The first-order valence-electron chi connectivity index (χ1n) is 0.816. The first kappa shape index (κ1) is 22.4. The van der Waals surface area contributed by atoms with Crippen molar-refractivity contribution in [2.45, 2.75) is 0 Å². The fourth-order valence-electron chi connectivity index (χ4n) is 0. The van der Waals surface area contributed by atoms with Crippen molar-refractivity contribution in [2.75, 3.05) is 0 Å². The Morgan fingerprint density at radius 1 is 0.875 bits per heavy atom. The van der Waals surface area contributed by atoms with Crippen molar-refractivity contribution in [3.05, 3.63) is 0 Å². The van der Waals surface area contributed by atoms with Gasteiger partial charge in [0.2, 0.25) is 0 Å². The molecule has 0 saturated carbocycles. The largest absolute Gasteiger partial charge is 2.00 e. The van der Waals surface area contributed by atoms with Crippen LogP contribution in [0.2, 0.25) is 0 Å². The summed E-state index contributed by atoms with van der Waals surface area (Å²) in [6.07, 6.45) is 0. The third-order valence-corrected chi connectivity index (χ3v) is 0. The second-order valence-electron chi connectivity index (χ2n) is 0.500. The molecule has 0 N–H and O–H groups in total. The molecule has 0 aliphatic heterocycles. The summed E-state index contributed by atoms with van der Waals surface area (Å²) < 4.78 is 0. The molecule has 8 heavy (non-hydrogen) atoms. The molecule has 1 radical (unpaired) electrons. The number of rotatable bonds is 0. The van der Waals surface area contributed by atoms with Gasteiger partial charge >= 0.3 is 74.3 Å². The summed E-state index contributed by atoms with van der Waals surface area (Å²) in [6.45, 7) is 0. The Kier molecular flexibility index (Phi) is 26.5. The number of hydrogen-bond donors (Lipinski definition) is 0. The Labute approximate surface area is 101 Å². The predicted molar refractivity (Wildman–Crippen MR) is 11.5 cm³/mol. The number of hydrogen-bond acceptors (Lipinski definition) is 4. The van der Waals surface area contributed by atoms with Gasteiger partial charge in [-0.3, -0.25) is 0 Å². The van der Waals surface area contributed by atoms with Gasteiger partial charge in [0.15, 0.2) is 0 Å². The Bertz CT molecular complexity index is 31.5. The zero-order valence-electron chi connectivity index (χ0n) is 3.85. The van der Waals surface area contributed by atoms with Crippen LogP contribution in [0.25, 0.3) is 0 Å². The molecule has 0 spiro atoms. The molecular weight excluding hydrogens is 261 g/mol. The van der Waals surface area contributed by atoms with E-state index >= 15 is 0 Å². The van der Waals surface area contributed by atoms with Gasteiger partial charge in [-0.1, -0.05) is 0 Å². The molecule has 0 amide bonds. The summed E-state index contributed by atoms with van der Waals surface area (Å²) in [5, 5.41) is 0. The summed E-state index contributed by atoms with van der Waals surface area (Å²) in [5.41, 5.74) is 0. The minimum atomic E-state index is -5.61. The summed E-state index contributed by atoms with van der Waals surface area (Å²) in [4.78, 5) is 34.3. The van der Waals surface area contributed by atoms with Crippen LogP contribution < -0.4 is 19.2 Å². The van der Waals surface area contributed by atoms with E-state index in [9.17, 15) is 0 Å². The SMILES string of the molecule is [Ca+2].[Cu+2].[O-][Si]([O-])([O-])[O-].[Zn+2]. The van der Waals surface area contributed by atoms with E-state index in [0.29, 0.717) is 0 Å². The molecule has 0 aliphatic rings. The molecule has 0 atom stereocenters. The summed E-state index contributed by atoms with van der Waals surface area (Å²) >= 11 is 0. The standard InChI is InChI=1S/Ca.Cu.O4Si.Zn/c;;1-5(2,3)4;/q2*+2;-4;+2. The molecule has 0 unspecified atom stereocenters. The third kappa shape index (κ3) is 77.8. The quantitative estimate of drug-likeness (QED) is 0.406. The monoisotopic (exact) mass is 259 g/mol. The fourth-order valence-corrected chi connectivity index (χ4v) is 0. The van der Waals surface area contributed by atoms with Gasteiger partial charge in [-0.05, 0) is 0 Å². The zero-order valence-corrected chi connectivity index (χ0v) is 11.0. The van der Waals surface area contributed by atoms with Crippen LogP contribution in [0.3, 0.4) is 0 Å². The molecular formula is CaCuO4SiZn+2. The minimum Gasteiger partial charge on any atom is -0.894 e. The molecule has 0 aliphatic carbocycles. The van der Waals surface area contributed by atoms with Gasteiger partial charge in [-0.2, -0.15) is 0 Å². The molecule has 0 aromatic heterocycles. The third-order valence-electron chi connectivity index (χ3n) is 0. The summed E-state index contributed by atoms with van der Waals surface area (Å²) in [5.74, 6) is 0. The summed E-state index contributed by atoms with van der Waals surface area (Å²) in [6, 6.07) is 0. The van der Waals surface area contributed by atoms with Gasteiger partial charge in [-0.15, -0.1) is 0 Å². The minimum absolute atomic E-state index is 0. The van der Waals surface area contributed by atoms with Gasteiger partial charge in [-0.25, -0.2) is 0 Å². The second-order valence-corrected chi connectivity index (χ2v) is 1.50. The van der Waals surface area contributed by atoms with Gasteiger partial charge in [0, 0.05) is 0 Å². The smallest absolute Gasteiger partial charge is 0.894 e. The van der Waals surface area contributed by atoms with Gasteiger partial charge < -0.3 is 28.2 Å². The Morgan fingerprint density at radius 2 is 0.875 bits per heavy atom. The van der Waals surface area contributed by atoms with E-state index in [-0.39, 0.29) is 74.3 Å². The Balaban J connectivity index is -0.0000000267. The van der Waals surface area contributed by atoms with Crippen LogP contribution in [0.15, 0.2) is 0 Å². The maximum absolute atomic E-state index is 8.58. The molecule has 0 bridgehead atoms. The van der Waals surface area contributed by atoms with Gasteiger partial charge in [0.1, 0.15) is 0 Å². The molecule has 0 fully saturated rings. The molecule has 0 saturated heterocycles. The predicted octanol–water partition coefficient (Wildman–Crippen LogP) is -5.52. The van der Waals surface area contributed by atoms with E-state index in [1.54, 1.807) is 0 Å². The van der Waals surface area contributed by atoms with Crippen LogP contribution in [-0.4, -0.2) is 46.8 Å². The van der Waals surface area contributed by atoms with Crippen LogP contribution in [0.1, 0.15) is 0 Å². The second kappa shape index (κ2) is 9.46. The van der Waals surface area contributed by atoms with E-state index in [1.807, 2.05) is 0 Å². The van der Waals surface area contributed by atoms with Gasteiger partial charge in [0.05, 0.1) is 0 Å². The Morgan fingerprint density at radius 3 is 0.875 bits per heavy atom. The van der Waals surface area contributed by atoms with Gasteiger partial charge in [0.25, 0.3) is 0 Å². The molecule has 4 nitrogen and oxygen atoms in total. The van der Waals surface area contributed by atoms with Crippen molar-refractivity contribution in [1.29, 1.82) is 0 Å². The first-order chi connectivity index (χ1) is 2.00. The maximum Gasteiger partial charge on any atom is 2.00 e. The normalized spacial score (nSPS) is 7.50. The van der Waals surface area contributed by atoms with Crippen LogP contribution in [0.5, 0.6) is 0 Å². The van der Waals surface area contributed by atoms with Crippen LogP contribution in [0.4, 0.5) is 0 Å². The fraction of sp³-hybridized carbons (Fsp3) is 0. The Hall–Kier alpha value is 2.46. The topological polar surface area (TPSA) is 92.2 Å². The molecule has 8 heteroatoms. The van der Waals surface area contributed by atoms with Crippen LogP contribution in [0, 0.1) is 0 Å². The van der Waals surface area contributed by atoms with E-state index in [4.69, 9.17) is 19.2 Å². The van der Waals surface area contributed by atoms with E-state index in [2.05, 4.69) is 0 Å². The van der Waals surface area contributed by atoms with Crippen molar-refractivity contribution in [2.24, 2.45) is 0 Å². The first-order valence-corrected chi connectivity index (χ1v) is 2.45. The molecule has 0 heterocycles. The van der Waals surface area contributed by atoms with Crippen LogP contribution >= 0.6 is 0 Å². The van der Waals surface area contributed by atoms with Crippen molar-refractivity contribution in [3.63, 3.8) is 0 Å². The molecule has 41 valence electrons. The van der Waals surface area contributed by atoms with E-state index < -0.39 is 9.05 Å². The van der Waals surface area contributed by atoms with Crippen molar-refractivity contribution >= 4 is 46.8 Å². The zero-order chi connectivity index (χ0) is 4.50. The molecule has 0 aromatic carbocycles. The van der Waals surface area contributed by atoms with E-state index in [1.165, 1.54) is 0 Å². The van der Waals surface area contributed by atoms with Crippen molar-refractivity contribution in [3.8, 4) is 0 Å². The molecule has 0 aromatic rings. The summed E-state index contributed by atoms with van der Waals surface area (Å²) in [7, 11) is -5.61.